The standard InChI is InChI=1S/C19H20FN7O/c1-11-5-16(21-6-15(11)20)19(28)26-9-13-7-25(8-14(13)10-26)18-4-3-17-23-22-12(2)27(17)24-18/h3-6,13-14H,7-10H2,1-2H3. The number of pyridine rings is 1. The van der Waals surface area contributed by atoms with Crippen LogP contribution in [0.5, 0.6) is 0 Å². The maximum atomic E-state index is 13.4. The summed E-state index contributed by atoms with van der Waals surface area (Å²) in [5, 5.41) is 12.8. The molecule has 2 saturated heterocycles. The van der Waals surface area contributed by atoms with Gasteiger partial charge in [0.15, 0.2) is 11.5 Å². The molecule has 0 radical (unpaired) electrons. The highest BCUT2D eigenvalue weighted by Gasteiger charge is 2.42. The largest absolute Gasteiger partial charge is 0.354 e. The summed E-state index contributed by atoms with van der Waals surface area (Å²) < 4.78 is 15.2. The van der Waals surface area contributed by atoms with Crippen molar-refractivity contribution in [1.29, 1.82) is 0 Å². The number of aryl methyl sites for hydroxylation is 2. The minimum Gasteiger partial charge on any atom is -0.354 e. The first-order chi connectivity index (χ1) is 13.5. The van der Waals surface area contributed by atoms with Crippen LogP contribution < -0.4 is 4.90 Å². The summed E-state index contributed by atoms with van der Waals surface area (Å²) in [7, 11) is 0. The third kappa shape index (κ3) is 2.69. The van der Waals surface area contributed by atoms with E-state index in [4.69, 9.17) is 0 Å². The SMILES string of the molecule is Cc1cc(C(=O)N2CC3CN(c4ccc5nnc(C)n5n4)CC3C2)ncc1F. The molecular formula is C19H20FN7O. The van der Waals surface area contributed by atoms with Gasteiger partial charge >= 0.3 is 0 Å². The second-order valence-electron chi connectivity index (χ2n) is 7.66. The Kier molecular flexibility index (Phi) is 3.78. The third-order valence-electron chi connectivity index (χ3n) is 5.77. The third-order valence-corrected chi connectivity index (χ3v) is 5.77. The summed E-state index contributed by atoms with van der Waals surface area (Å²) >= 11 is 0. The summed E-state index contributed by atoms with van der Waals surface area (Å²) in [4.78, 5) is 20.8. The average molecular weight is 381 g/mol. The van der Waals surface area contributed by atoms with E-state index in [0.29, 0.717) is 36.2 Å². The Morgan fingerprint density at radius 3 is 2.57 bits per heavy atom. The molecule has 2 aliphatic heterocycles. The summed E-state index contributed by atoms with van der Waals surface area (Å²) in [5.41, 5.74) is 1.49. The van der Waals surface area contributed by atoms with Gasteiger partial charge in [0, 0.05) is 38.0 Å². The summed E-state index contributed by atoms with van der Waals surface area (Å²) in [6, 6.07) is 5.42. The van der Waals surface area contributed by atoms with Crippen LogP contribution >= 0.6 is 0 Å². The number of rotatable bonds is 2. The topological polar surface area (TPSA) is 79.5 Å². The van der Waals surface area contributed by atoms with Crippen molar-refractivity contribution in [3.63, 3.8) is 0 Å². The van der Waals surface area contributed by atoms with Crippen molar-refractivity contribution >= 4 is 17.4 Å². The number of amides is 1. The zero-order valence-corrected chi connectivity index (χ0v) is 15.7. The van der Waals surface area contributed by atoms with Crippen LogP contribution in [0.25, 0.3) is 5.65 Å². The van der Waals surface area contributed by atoms with E-state index in [2.05, 4.69) is 25.2 Å². The summed E-state index contributed by atoms with van der Waals surface area (Å²) in [6.07, 6.45) is 1.12. The van der Waals surface area contributed by atoms with Crippen LogP contribution in [0, 0.1) is 31.5 Å². The van der Waals surface area contributed by atoms with Gasteiger partial charge in [-0.1, -0.05) is 0 Å². The summed E-state index contributed by atoms with van der Waals surface area (Å²) in [5.74, 6) is 1.94. The molecule has 0 spiro atoms. The van der Waals surface area contributed by atoms with Gasteiger partial charge in [-0.25, -0.2) is 9.37 Å². The van der Waals surface area contributed by atoms with Crippen molar-refractivity contribution in [2.75, 3.05) is 31.1 Å². The fourth-order valence-electron chi connectivity index (χ4n) is 4.22. The van der Waals surface area contributed by atoms with Gasteiger partial charge in [0.25, 0.3) is 5.91 Å². The van der Waals surface area contributed by atoms with E-state index in [0.717, 1.165) is 36.6 Å². The van der Waals surface area contributed by atoms with Crippen molar-refractivity contribution < 1.29 is 9.18 Å². The molecule has 2 fully saturated rings. The highest BCUT2D eigenvalue weighted by atomic mass is 19.1. The van der Waals surface area contributed by atoms with Crippen LogP contribution in [0.1, 0.15) is 21.9 Å². The molecule has 1 amide bonds. The number of carbonyl (C=O) groups is 1. The van der Waals surface area contributed by atoms with E-state index >= 15 is 0 Å². The molecule has 28 heavy (non-hydrogen) atoms. The second kappa shape index (κ2) is 6.22. The molecule has 0 N–H and O–H groups in total. The van der Waals surface area contributed by atoms with Crippen LogP contribution in [0.2, 0.25) is 0 Å². The molecule has 8 nitrogen and oxygen atoms in total. The Bertz CT molecular complexity index is 1070. The van der Waals surface area contributed by atoms with Crippen LogP contribution in [0.15, 0.2) is 24.4 Å². The Labute approximate surface area is 161 Å². The number of anilines is 1. The Balaban J connectivity index is 1.29. The molecule has 3 aromatic rings. The Morgan fingerprint density at radius 2 is 1.86 bits per heavy atom. The number of likely N-dealkylation sites (tertiary alicyclic amines) is 1. The molecule has 3 aromatic heterocycles. The minimum absolute atomic E-state index is 0.122. The predicted molar refractivity (Wildman–Crippen MR) is 99.5 cm³/mol. The number of fused-ring (bicyclic) bond motifs is 2. The monoisotopic (exact) mass is 381 g/mol. The van der Waals surface area contributed by atoms with E-state index in [-0.39, 0.29) is 5.91 Å². The van der Waals surface area contributed by atoms with E-state index < -0.39 is 5.82 Å². The summed E-state index contributed by atoms with van der Waals surface area (Å²) in [6.45, 7) is 6.60. The van der Waals surface area contributed by atoms with E-state index in [9.17, 15) is 9.18 Å². The minimum atomic E-state index is -0.390. The van der Waals surface area contributed by atoms with Crippen molar-refractivity contribution in [2.24, 2.45) is 11.8 Å². The lowest BCUT2D eigenvalue weighted by atomic mass is 10.0. The van der Waals surface area contributed by atoms with Gasteiger partial charge in [-0.3, -0.25) is 4.79 Å². The van der Waals surface area contributed by atoms with Gasteiger partial charge in [0.2, 0.25) is 0 Å². The van der Waals surface area contributed by atoms with Crippen molar-refractivity contribution in [3.8, 4) is 0 Å². The molecule has 2 aliphatic rings. The van der Waals surface area contributed by atoms with Gasteiger partial charge in [0.1, 0.15) is 17.3 Å². The van der Waals surface area contributed by atoms with Gasteiger partial charge in [-0.05, 0) is 37.6 Å². The molecule has 0 aliphatic carbocycles. The molecule has 144 valence electrons. The fraction of sp³-hybridized carbons (Fsp3) is 0.421. The Morgan fingerprint density at radius 1 is 1.11 bits per heavy atom. The number of hydrogen-bond donors (Lipinski definition) is 0. The van der Waals surface area contributed by atoms with E-state index in [1.54, 1.807) is 11.4 Å². The molecule has 5 heterocycles. The molecular weight excluding hydrogens is 361 g/mol. The van der Waals surface area contributed by atoms with Crippen LogP contribution in [-0.2, 0) is 0 Å². The maximum absolute atomic E-state index is 13.4. The normalized spacial score (nSPS) is 21.5. The quantitative estimate of drug-likeness (QED) is 0.669. The first kappa shape index (κ1) is 17.0. The van der Waals surface area contributed by atoms with Crippen molar-refractivity contribution in [1.82, 2.24) is 29.7 Å². The molecule has 2 unspecified atom stereocenters. The van der Waals surface area contributed by atoms with E-state index in [1.165, 1.54) is 6.07 Å². The highest BCUT2D eigenvalue weighted by Crippen LogP contribution is 2.34. The zero-order valence-electron chi connectivity index (χ0n) is 15.7. The maximum Gasteiger partial charge on any atom is 0.272 e. The lowest BCUT2D eigenvalue weighted by molar-refractivity contribution is 0.0776. The lowest BCUT2D eigenvalue weighted by Gasteiger charge is -2.22. The van der Waals surface area contributed by atoms with Gasteiger partial charge in [-0.2, -0.15) is 4.52 Å². The average Bonchev–Trinajstić information content (AvgIpc) is 3.36. The Hall–Kier alpha value is -3.10. The zero-order chi connectivity index (χ0) is 19.4. The molecule has 0 saturated carbocycles. The number of carbonyl (C=O) groups excluding carboxylic acids is 1. The second-order valence-corrected chi connectivity index (χ2v) is 7.66. The van der Waals surface area contributed by atoms with Crippen LogP contribution in [0.3, 0.4) is 0 Å². The van der Waals surface area contributed by atoms with Crippen LogP contribution in [0.4, 0.5) is 10.2 Å². The van der Waals surface area contributed by atoms with Gasteiger partial charge < -0.3 is 9.80 Å². The molecule has 5 rings (SSSR count). The van der Waals surface area contributed by atoms with Crippen LogP contribution in [-0.4, -0.2) is 61.8 Å². The molecule has 2 atom stereocenters. The number of nitrogens with zero attached hydrogens (tertiary/aromatic N) is 7. The number of halogens is 1. The van der Waals surface area contributed by atoms with Crippen molar-refractivity contribution in [2.45, 2.75) is 13.8 Å². The lowest BCUT2D eigenvalue weighted by Crippen LogP contribution is -2.34. The van der Waals surface area contributed by atoms with Gasteiger partial charge in [0.05, 0.1) is 6.20 Å². The number of aromatic nitrogens is 5. The highest BCUT2D eigenvalue weighted by molar-refractivity contribution is 5.92. The first-order valence-electron chi connectivity index (χ1n) is 9.35. The van der Waals surface area contributed by atoms with Crippen molar-refractivity contribution in [3.05, 3.63) is 47.3 Å². The fourth-order valence-corrected chi connectivity index (χ4v) is 4.22. The molecule has 0 bridgehead atoms. The van der Waals surface area contributed by atoms with Gasteiger partial charge in [-0.15, -0.1) is 15.3 Å². The smallest absolute Gasteiger partial charge is 0.272 e. The molecule has 9 heteroatoms. The molecule has 0 aromatic carbocycles. The predicted octanol–water partition coefficient (Wildman–Crippen LogP) is 1.48. The number of hydrogen-bond acceptors (Lipinski definition) is 6. The first-order valence-corrected chi connectivity index (χ1v) is 9.35. The van der Waals surface area contributed by atoms with E-state index in [1.807, 2.05) is 24.0 Å².